The largest absolute Gasteiger partial charge is 0.449 e. The van der Waals surface area contributed by atoms with Crippen molar-refractivity contribution in [3.05, 3.63) is 83.4 Å². The molecule has 0 saturated heterocycles. The number of ether oxygens (including phenoxy) is 2. The molecule has 0 aliphatic carbocycles. The third-order valence-corrected chi connectivity index (χ3v) is 6.93. The molecule has 3 aromatic rings. The number of carbonyl (C=O) groups excluding carboxylic acids is 2. The Hall–Kier alpha value is -3.72. The van der Waals surface area contributed by atoms with Gasteiger partial charge in [-0.05, 0) is 17.5 Å². The summed E-state index contributed by atoms with van der Waals surface area (Å²) in [6, 6.07) is 19.5. The second-order valence-electron chi connectivity index (χ2n) is 10.8. The summed E-state index contributed by atoms with van der Waals surface area (Å²) >= 11 is 0. The van der Waals surface area contributed by atoms with Crippen LogP contribution >= 0.6 is 0 Å². The molecule has 2 amide bonds. The van der Waals surface area contributed by atoms with E-state index in [1.807, 2.05) is 69.3 Å². The van der Waals surface area contributed by atoms with E-state index in [1.54, 1.807) is 7.05 Å². The summed E-state index contributed by atoms with van der Waals surface area (Å²) in [7, 11) is 1.55. The molecule has 4 rings (SSSR count). The Kier molecular flexibility index (Phi) is 8.46. The van der Waals surface area contributed by atoms with Gasteiger partial charge in [-0.3, -0.25) is 4.79 Å². The summed E-state index contributed by atoms with van der Waals surface area (Å²) in [5.41, 5.74) is 1.15. The highest BCUT2D eigenvalue weighted by molar-refractivity contribution is 5.81. The van der Waals surface area contributed by atoms with Crippen LogP contribution in [0.4, 0.5) is 4.79 Å². The summed E-state index contributed by atoms with van der Waals surface area (Å²) in [6.07, 6.45) is 0.802. The van der Waals surface area contributed by atoms with Crippen molar-refractivity contribution in [2.75, 3.05) is 20.3 Å². The van der Waals surface area contributed by atoms with E-state index in [0.717, 1.165) is 23.4 Å². The van der Waals surface area contributed by atoms with E-state index in [-0.39, 0.29) is 19.1 Å². The first-order valence-electron chi connectivity index (χ1n) is 13.0. The minimum absolute atomic E-state index is 0.0865. The second kappa shape index (κ2) is 11.8. The second-order valence-corrected chi connectivity index (χ2v) is 10.8. The van der Waals surface area contributed by atoms with E-state index in [1.165, 1.54) is 0 Å². The summed E-state index contributed by atoms with van der Waals surface area (Å²) < 4.78 is 13.7. The van der Waals surface area contributed by atoms with Crippen LogP contribution in [0.1, 0.15) is 56.0 Å². The SMILES string of the molecule is CNC(=O)OCC1(c2ccccc2)CCn2c(nnc2[C@@H](COCc2ccccc2)NC(=O)C(C)(C)C)C1. The molecule has 0 fully saturated rings. The predicted octanol–water partition coefficient (Wildman–Crippen LogP) is 3.94. The summed E-state index contributed by atoms with van der Waals surface area (Å²) in [6.45, 7) is 7.17. The zero-order valence-electron chi connectivity index (χ0n) is 22.6. The molecular formula is C29H37N5O4. The van der Waals surface area contributed by atoms with Crippen molar-refractivity contribution < 1.29 is 19.1 Å². The standard InChI is InChI=1S/C29H37N5O4/c1-28(2,3)26(35)31-23(19-37-18-21-11-7-5-8-12-21)25-33-32-24-17-29(15-16-34(24)25,20-38-27(36)30-4)22-13-9-6-10-14-22/h5-14,23H,15-20H2,1-4H3,(H,30,36)(H,31,35)/t23-,29?/m1/s1. The first-order chi connectivity index (χ1) is 18.2. The van der Waals surface area contributed by atoms with Crippen molar-refractivity contribution in [1.29, 1.82) is 0 Å². The van der Waals surface area contributed by atoms with Crippen molar-refractivity contribution in [1.82, 2.24) is 25.4 Å². The lowest BCUT2D eigenvalue weighted by molar-refractivity contribution is -0.130. The topological polar surface area (TPSA) is 107 Å². The van der Waals surface area contributed by atoms with Crippen LogP contribution in [0.5, 0.6) is 0 Å². The summed E-state index contributed by atoms with van der Waals surface area (Å²) in [4.78, 5) is 24.9. The number of rotatable bonds is 9. The summed E-state index contributed by atoms with van der Waals surface area (Å²) in [5.74, 6) is 1.37. The number of carbonyl (C=O) groups is 2. The van der Waals surface area contributed by atoms with Crippen molar-refractivity contribution in [2.45, 2.75) is 58.2 Å². The van der Waals surface area contributed by atoms with Crippen LogP contribution in [-0.4, -0.2) is 47.0 Å². The number of aromatic nitrogens is 3. The molecule has 1 aliphatic rings. The van der Waals surface area contributed by atoms with Gasteiger partial charge < -0.3 is 24.7 Å². The molecule has 0 saturated carbocycles. The Morgan fingerprint density at radius 3 is 2.39 bits per heavy atom. The van der Waals surface area contributed by atoms with Gasteiger partial charge in [0.1, 0.15) is 18.5 Å². The quantitative estimate of drug-likeness (QED) is 0.444. The van der Waals surface area contributed by atoms with E-state index in [4.69, 9.17) is 9.47 Å². The Labute approximate surface area is 223 Å². The fraction of sp³-hybridized carbons (Fsp3) is 0.448. The van der Waals surface area contributed by atoms with E-state index in [2.05, 4.69) is 37.5 Å². The molecule has 2 heterocycles. The number of alkyl carbamates (subject to hydrolysis) is 1. The maximum atomic E-state index is 13.0. The van der Waals surface area contributed by atoms with Gasteiger partial charge in [0.2, 0.25) is 5.91 Å². The van der Waals surface area contributed by atoms with E-state index < -0.39 is 23.0 Å². The lowest BCUT2D eigenvalue weighted by atomic mass is 9.73. The molecule has 202 valence electrons. The van der Waals surface area contributed by atoms with Gasteiger partial charge in [-0.15, -0.1) is 10.2 Å². The van der Waals surface area contributed by atoms with E-state index in [9.17, 15) is 9.59 Å². The monoisotopic (exact) mass is 519 g/mol. The van der Waals surface area contributed by atoms with Gasteiger partial charge in [-0.1, -0.05) is 81.4 Å². The number of hydrogen-bond acceptors (Lipinski definition) is 6. The van der Waals surface area contributed by atoms with Crippen LogP contribution in [0.15, 0.2) is 60.7 Å². The number of hydrogen-bond donors (Lipinski definition) is 2. The van der Waals surface area contributed by atoms with Crippen LogP contribution in [-0.2, 0) is 39.3 Å². The molecule has 0 spiro atoms. The van der Waals surface area contributed by atoms with Crippen LogP contribution in [0.25, 0.3) is 0 Å². The van der Waals surface area contributed by atoms with Crippen molar-refractivity contribution in [2.24, 2.45) is 5.41 Å². The van der Waals surface area contributed by atoms with Gasteiger partial charge in [0.25, 0.3) is 0 Å². The number of amides is 2. The van der Waals surface area contributed by atoms with Gasteiger partial charge >= 0.3 is 6.09 Å². The summed E-state index contributed by atoms with van der Waals surface area (Å²) in [5, 5.41) is 14.7. The minimum atomic E-state index is -0.567. The molecule has 0 bridgehead atoms. The Balaban J connectivity index is 1.58. The molecule has 9 nitrogen and oxygen atoms in total. The fourth-order valence-corrected chi connectivity index (χ4v) is 4.64. The predicted molar refractivity (Wildman–Crippen MR) is 143 cm³/mol. The van der Waals surface area contributed by atoms with Gasteiger partial charge in [0, 0.05) is 30.8 Å². The molecule has 9 heteroatoms. The highest BCUT2D eigenvalue weighted by Gasteiger charge is 2.40. The zero-order chi connectivity index (χ0) is 27.2. The Morgan fingerprint density at radius 1 is 1.05 bits per heavy atom. The van der Waals surface area contributed by atoms with Crippen molar-refractivity contribution in [3.63, 3.8) is 0 Å². The molecule has 1 aromatic heterocycles. The smallest absolute Gasteiger partial charge is 0.406 e. The normalized spacial score (nSPS) is 17.8. The minimum Gasteiger partial charge on any atom is -0.449 e. The van der Waals surface area contributed by atoms with Crippen LogP contribution < -0.4 is 10.6 Å². The highest BCUT2D eigenvalue weighted by atomic mass is 16.5. The number of nitrogens with one attached hydrogen (secondary N) is 2. The molecule has 0 radical (unpaired) electrons. The molecule has 38 heavy (non-hydrogen) atoms. The molecular weight excluding hydrogens is 482 g/mol. The fourth-order valence-electron chi connectivity index (χ4n) is 4.64. The number of fused-ring (bicyclic) bond motifs is 1. The maximum absolute atomic E-state index is 13.0. The van der Waals surface area contributed by atoms with Gasteiger partial charge in [-0.25, -0.2) is 4.79 Å². The van der Waals surface area contributed by atoms with Gasteiger partial charge in [0.15, 0.2) is 5.82 Å². The highest BCUT2D eigenvalue weighted by Crippen LogP contribution is 2.37. The van der Waals surface area contributed by atoms with E-state index >= 15 is 0 Å². The van der Waals surface area contributed by atoms with Crippen LogP contribution in [0.3, 0.4) is 0 Å². The molecule has 1 unspecified atom stereocenters. The van der Waals surface area contributed by atoms with Crippen LogP contribution in [0, 0.1) is 5.41 Å². The number of nitrogens with zero attached hydrogens (tertiary/aromatic N) is 3. The average molecular weight is 520 g/mol. The van der Waals surface area contributed by atoms with Crippen LogP contribution in [0.2, 0.25) is 0 Å². The van der Waals surface area contributed by atoms with E-state index in [0.29, 0.717) is 25.4 Å². The molecule has 2 N–H and O–H groups in total. The Morgan fingerprint density at radius 2 is 1.74 bits per heavy atom. The average Bonchev–Trinajstić information content (AvgIpc) is 3.34. The first-order valence-corrected chi connectivity index (χ1v) is 13.0. The third-order valence-electron chi connectivity index (χ3n) is 6.93. The zero-order valence-corrected chi connectivity index (χ0v) is 22.6. The molecule has 2 aromatic carbocycles. The van der Waals surface area contributed by atoms with Gasteiger partial charge in [-0.2, -0.15) is 0 Å². The Bertz CT molecular complexity index is 1220. The maximum Gasteiger partial charge on any atom is 0.406 e. The first kappa shape index (κ1) is 27.3. The molecule has 2 atom stereocenters. The lowest BCUT2D eigenvalue weighted by Crippen LogP contribution is -2.43. The molecule has 1 aliphatic heterocycles. The van der Waals surface area contributed by atoms with Crippen molar-refractivity contribution in [3.8, 4) is 0 Å². The van der Waals surface area contributed by atoms with Gasteiger partial charge in [0.05, 0.1) is 13.2 Å². The number of benzene rings is 2. The lowest BCUT2D eigenvalue weighted by Gasteiger charge is -2.37. The third kappa shape index (κ3) is 6.39. The van der Waals surface area contributed by atoms with Crippen molar-refractivity contribution >= 4 is 12.0 Å².